The van der Waals surface area contributed by atoms with Crippen molar-refractivity contribution in [1.82, 2.24) is 0 Å². The van der Waals surface area contributed by atoms with E-state index in [1.54, 1.807) is 0 Å². The Bertz CT molecular complexity index is 883. The van der Waals surface area contributed by atoms with E-state index in [0.717, 1.165) is 12.8 Å². The lowest BCUT2D eigenvalue weighted by molar-refractivity contribution is -0.462. The second kappa shape index (κ2) is 10.1. The van der Waals surface area contributed by atoms with Gasteiger partial charge >= 0.3 is 0 Å². The quantitative estimate of drug-likeness (QED) is 0.439. The summed E-state index contributed by atoms with van der Waals surface area (Å²) in [6.45, 7) is 6.59. The standard InChI is InChI=1S/C26H35N2/c1-8-10-22(19-24-14-16-26(28(6)7)18-21(24)3)11-9-12-23-13-15-25(27(4)5)17-20(23)2/h9,11-19H,8,10H2,1-7H3/q+1. The first-order chi connectivity index (χ1) is 13.3. The second-order valence-corrected chi connectivity index (χ2v) is 7.87. The summed E-state index contributed by atoms with van der Waals surface area (Å²) >= 11 is 0. The molecule has 0 saturated carbocycles. The molecule has 1 aliphatic carbocycles. The van der Waals surface area contributed by atoms with E-state index in [4.69, 9.17) is 0 Å². The normalized spacial score (nSPS) is 16.1. The number of benzene rings is 1. The van der Waals surface area contributed by atoms with Crippen molar-refractivity contribution in [3.8, 4) is 0 Å². The summed E-state index contributed by atoms with van der Waals surface area (Å²) in [4.78, 5) is 2.14. The summed E-state index contributed by atoms with van der Waals surface area (Å²) in [5, 5.41) is 0. The van der Waals surface area contributed by atoms with Gasteiger partial charge in [-0.15, -0.1) is 0 Å². The van der Waals surface area contributed by atoms with Crippen LogP contribution in [0, 0.1) is 6.92 Å². The molecule has 0 radical (unpaired) electrons. The Kier molecular flexibility index (Phi) is 7.80. The molecule has 0 bridgehead atoms. The van der Waals surface area contributed by atoms with Gasteiger partial charge in [-0.3, -0.25) is 0 Å². The summed E-state index contributed by atoms with van der Waals surface area (Å²) in [5.74, 6) is 0. The molecule has 0 atom stereocenters. The van der Waals surface area contributed by atoms with Gasteiger partial charge < -0.3 is 4.90 Å². The lowest BCUT2D eigenvalue weighted by Crippen LogP contribution is -2.11. The van der Waals surface area contributed by atoms with Crippen LogP contribution in [0.15, 0.2) is 71.4 Å². The molecule has 0 N–H and O–H groups in total. The third-order valence-electron chi connectivity index (χ3n) is 5.01. The minimum Gasteiger partial charge on any atom is -0.378 e. The molecule has 2 nitrogen and oxygen atoms in total. The number of anilines is 1. The van der Waals surface area contributed by atoms with Gasteiger partial charge in [-0.2, -0.15) is 0 Å². The Morgan fingerprint density at radius 3 is 2.43 bits per heavy atom. The topological polar surface area (TPSA) is 6.25 Å². The summed E-state index contributed by atoms with van der Waals surface area (Å²) in [7, 11) is 8.32. The van der Waals surface area contributed by atoms with Crippen LogP contribution < -0.4 is 4.90 Å². The van der Waals surface area contributed by atoms with E-state index in [-0.39, 0.29) is 0 Å². The van der Waals surface area contributed by atoms with Crippen molar-refractivity contribution in [1.29, 1.82) is 0 Å². The van der Waals surface area contributed by atoms with Gasteiger partial charge in [0.15, 0.2) is 5.71 Å². The summed E-state index contributed by atoms with van der Waals surface area (Å²) in [6, 6.07) is 6.60. The third-order valence-corrected chi connectivity index (χ3v) is 5.01. The molecule has 0 aliphatic heterocycles. The molecule has 148 valence electrons. The first-order valence-corrected chi connectivity index (χ1v) is 10.1. The van der Waals surface area contributed by atoms with Gasteiger partial charge in [0, 0.05) is 31.9 Å². The Labute approximate surface area is 171 Å². The van der Waals surface area contributed by atoms with Crippen molar-refractivity contribution in [2.24, 2.45) is 0 Å². The Morgan fingerprint density at radius 2 is 1.86 bits per heavy atom. The molecule has 0 saturated heterocycles. The number of aryl methyl sites for hydroxylation is 1. The van der Waals surface area contributed by atoms with Crippen LogP contribution in [0.1, 0.15) is 37.8 Å². The molecular weight excluding hydrogens is 340 g/mol. The second-order valence-electron chi connectivity index (χ2n) is 7.87. The van der Waals surface area contributed by atoms with E-state index < -0.39 is 0 Å². The van der Waals surface area contributed by atoms with Crippen LogP contribution in [-0.4, -0.2) is 38.5 Å². The molecule has 0 fully saturated rings. The average Bonchev–Trinajstić information content (AvgIpc) is 2.64. The summed E-state index contributed by atoms with van der Waals surface area (Å²) in [6.07, 6.45) is 17.9. The van der Waals surface area contributed by atoms with Gasteiger partial charge in [0.05, 0.1) is 0 Å². The van der Waals surface area contributed by atoms with Crippen molar-refractivity contribution < 1.29 is 4.58 Å². The van der Waals surface area contributed by atoms with Crippen molar-refractivity contribution in [3.63, 3.8) is 0 Å². The van der Waals surface area contributed by atoms with Crippen molar-refractivity contribution in [2.45, 2.75) is 33.6 Å². The zero-order valence-electron chi connectivity index (χ0n) is 18.6. The highest BCUT2D eigenvalue weighted by atomic mass is 15.1. The summed E-state index contributed by atoms with van der Waals surface area (Å²) < 4.78 is 2.15. The van der Waals surface area contributed by atoms with Crippen molar-refractivity contribution in [2.75, 3.05) is 33.1 Å². The van der Waals surface area contributed by atoms with E-state index in [1.807, 2.05) is 0 Å². The van der Waals surface area contributed by atoms with E-state index in [0.29, 0.717) is 0 Å². The lowest BCUT2D eigenvalue weighted by Gasteiger charge is -2.13. The van der Waals surface area contributed by atoms with E-state index in [9.17, 15) is 0 Å². The van der Waals surface area contributed by atoms with Crippen LogP contribution in [0.2, 0.25) is 0 Å². The number of hydrogen-bond donors (Lipinski definition) is 0. The molecule has 0 aromatic heterocycles. The largest absolute Gasteiger partial charge is 0.378 e. The fourth-order valence-electron chi connectivity index (χ4n) is 3.19. The van der Waals surface area contributed by atoms with Gasteiger partial charge in [-0.05, 0) is 66.3 Å². The van der Waals surface area contributed by atoms with Crippen LogP contribution in [0.4, 0.5) is 5.69 Å². The third kappa shape index (κ3) is 5.95. The molecule has 2 heteroatoms. The molecule has 0 amide bonds. The van der Waals surface area contributed by atoms with Gasteiger partial charge in [0.1, 0.15) is 14.1 Å². The number of nitrogens with zero attached hydrogens (tertiary/aromatic N) is 2. The molecule has 0 spiro atoms. The van der Waals surface area contributed by atoms with Crippen molar-refractivity contribution in [3.05, 3.63) is 82.5 Å². The molecule has 1 aromatic carbocycles. The zero-order chi connectivity index (χ0) is 20.7. The van der Waals surface area contributed by atoms with Gasteiger partial charge in [-0.1, -0.05) is 43.7 Å². The van der Waals surface area contributed by atoms with Crippen LogP contribution in [-0.2, 0) is 0 Å². The highest BCUT2D eigenvalue weighted by Gasteiger charge is 2.09. The van der Waals surface area contributed by atoms with E-state index in [1.165, 1.54) is 39.2 Å². The molecular formula is C26H35N2+. The maximum absolute atomic E-state index is 2.32. The monoisotopic (exact) mass is 375 g/mol. The molecule has 1 aromatic rings. The SMILES string of the molecule is CCCC(=C\C=C\c1ccc(N(C)C)cc1C)/C=C1\C=CC(=[N+](C)C)C=C1C. The zero-order valence-corrected chi connectivity index (χ0v) is 18.6. The van der Waals surface area contributed by atoms with Crippen LogP contribution in [0.5, 0.6) is 0 Å². The van der Waals surface area contributed by atoms with Gasteiger partial charge in [0.25, 0.3) is 0 Å². The van der Waals surface area contributed by atoms with Crippen molar-refractivity contribution >= 4 is 17.5 Å². The molecule has 28 heavy (non-hydrogen) atoms. The predicted octanol–water partition coefficient (Wildman–Crippen LogP) is 5.96. The van der Waals surface area contributed by atoms with Gasteiger partial charge in [0.2, 0.25) is 0 Å². The lowest BCUT2D eigenvalue weighted by atomic mass is 9.96. The van der Waals surface area contributed by atoms with Crippen LogP contribution in [0.3, 0.4) is 0 Å². The Balaban J connectivity index is 2.24. The van der Waals surface area contributed by atoms with Crippen LogP contribution in [0.25, 0.3) is 6.08 Å². The maximum Gasteiger partial charge on any atom is 0.199 e. The first kappa shape index (κ1) is 21.7. The van der Waals surface area contributed by atoms with Crippen LogP contribution >= 0.6 is 0 Å². The average molecular weight is 376 g/mol. The maximum atomic E-state index is 2.32. The predicted molar refractivity (Wildman–Crippen MR) is 126 cm³/mol. The smallest absolute Gasteiger partial charge is 0.199 e. The minimum atomic E-state index is 1.08. The number of hydrogen-bond acceptors (Lipinski definition) is 1. The Hall–Kier alpha value is -2.61. The fourth-order valence-corrected chi connectivity index (χ4v) is 3.19. The molecule has 2 rings (SSSR count). The molecule has 1 aliphatic rings. The molecule has 0 unspecified atom stereocenters. The fraction of sp³-hybridized carbons (Fsp3) is 0.346. The first-order valence-electron chi connectivity index (χ1n) is 10.1. The Morgan fingerprint density at radius 1 is 1.11 bits per heavy atom. The highest BCUT2D eigenvalue weighted by molar-refractivity contribution is 6.03. The highest BCUT2D eigenvalue weighted by Crippen LogP contribution is 2.21. The van der Waals surface area contributed by atoms with E-state index in [2.05, 4.69) is 119 Å². The summed E-state index contributed by atoms with van der Waals surface area (Å²) in [5.41, 5.74) is 9.02. The minimum absolute atomic E-state index is 1.08. The number of allylic oxidation sites excluding steroid dienone is 9. The van der Waals surface area contributed by atoms with Gasteiger partial charge in [-0.25, -0.2) is 4.58 Å². The molecule has 0 heterocycles. The van der Waals surface area contributed by atoms with E-state index >= 15 is 0 Å². The number of rotatable bonds is 6.